The molecular formula is C20H25NO3. The number of anilines is 1. The average molecular weight is 327 g/mol. The number of carbonyl (C=O) groups excluding carboxylic acids is 1. The Bertz CT molecular complexity index is 720. The van der Waals surface area contributed by atoms with Gasteiger partial charge < -0.3 is 10.0 Å². The predicted molar refractivity (Wildman–Crippen MR) is 94.1 cm³/mol. The molecular weight excluding hydrogens is 302 g/mol. The topological polar surface area (TPSA) is 57.6 Å². The first-order chi connectivity index (χ1) is 11.4. The summed E-state index contributed by atoms with van der Waals surface area (Å²) in [5, 5.41) is 9.60. The largest absolute Gasteiger partial charge is 0.481 e. The normalized spacial score (nSPS) is 23.9. The molecule has 1 aromatic rings. The molecule has 0 spiro atoms. The van der Waals surface area contributed by atoms with Crippen molar-refractivity contribution in [3.63, 3.8) is 0 Å². The van der Waals surface area contributed by atoms with Crippen LogP contribution in [0.2, 0.25) is 0 Å². The van der Waals surface area contributed by atoms with Crippen molar-refractivity contribution in [1.29, 1.82) is 0 Å². The van der Waals surface area contributed by atoms with E-state index in [1.54, 1.807) is 0 Å². The van der Waals surface area contributed by atoms with Crippen LogP contribution < -0.4 is 4.90 Å². The van der Waals surface area contributed by atoms with E-state index in [0.29, 0.717) is 19.4 Å². The lowest BCUT2D eigenvalue weighted by Gasteiger charge is -2.36. The summed E-state index contributed by atoms with van der Waals surface area (Å²) in [5.41, 5.74) is 5.62. The van der Waals surface area contributed by atoms with E-state index in [-0.39, 0.29) is 5.91 Å². The van der Waals surface area contributed by atoms with Gasteiger partial charge in [0.15, 0.2) is 0 Å². The Morgan fingerprint density at radius 1 is 1.08 bits per heavy atom. The first-order valence-electron chi connectivity index (χ1n) is 8.67. The fourth-order valence-electron chi connectivity index (χ4n) is 3.97. The maximum atomic E-state index is 13.2. The summed E-state index contributed by atoms with van der Waals surface area (Å²) >= 11 is 0. The predicted octanol–water partition coefficient (Wildman–Crippen LogP) is 3.72. The molecule has 0 fully saturated rings. The molecule has 3 rings (SSSR count). The third-order valence-corrected chi connectivity index (χ3v) is 5.52. The second kappa shape index (κ2) is 6.42. The van der Waals surface area contributed by atoms with Gasteiger partial charge in [0.25, 0.3) is 0 Å². The molecule has 128 valence electrons. The fourth-order valence-corrected chi connectivity index (χ4v) is 3.97. The molecule has 1 aliphatic heterocycles. The smallest absolute Gasteiger partial charge is 0.307 e. The van der Waals surface area contributed by atoms with Gasteiger partial charge in [-0.1, -0.05) is 28.8 Å². The SMILES string of the molecule is CC1=C(C)C[C@@H](C(=O)N2CCCc3cc(C)ccc32)[C@H](C(=O)O)C1. The fraction of sp³-hybridized carbons (Fsp3) is 0.500. The van der Waals surface area contributed by atoms with Gasteiger partial charge in [-0.15, -0.1) is 0 Å². The van der Waals surface area contributed by atoms with Crippen molar-refractivity contribution in [3.05, 3.63) is 40.5 Å². The lowest BCUT2D eigenvalue weighted by molar-refractivity contribution is -0.147. The molecule has 24 heavy (non-hydrogen) atoms. The standard InChI is InChI=1S/C20H25NO3/c1-12-6-7-18-15(9-12)5-4-8-21(18)19(22)16-10-13(2)14(3)11-17(16)20(23)24/h6-7,9,16-17H,4-5,8,10-11H2,1-3H3,(H,23,24)/t16-,17-/m1/s1. The summed E-state index contributed by atoms with van der Waals surface area (Å²) in [6.45, 7) is 6.73. The third-order valence-electron chi connectivity index (χ3n) is 5.52. The Kier molecular flexibility index (Phi) is 4.48. The number of aryl methyl sites for hydroxylation is 2. The quantitative estimate of drug-likeness (QED) is 0.842. The van der Waals surface area contributed by atoms with Crippen LogP contribution in [0.5, 0.6) is 0 Å². The van der Waals surface area contributed by atoms with Gasteiger partial charge in [0, 0.05) is 12.2 Å². The summed E-state index contributed by atoms with van der Waals surface area (Å²) < 4.78 is 0. The molecule has 0 saturated carbocycles. The molecule has 0 radical (unpaired) electrons. The highest BCUT2D eigenvalue weighted by molar-refractivity contribution is 5.98. The molecule has 1 aromatic carbocycles. The zero-order valence-electron chi connectivity index (χ0n) is 14.6. The maximum Gasteiger partial charge on any atom is 0.307 e. The molecule has 1 heterocycles. The van der Waals surface area contributed by atoms with Gasteiger partial charge in [-0.05, 0) is 58.1 Å². The number of rotatable bonds is 2. The summed E-state index contributed by atoms with van der Waals surface area (Å²) in [6, 6.07) is 6.17. The zero-order chi connectivity index (χ0) is 17.4. The van der Waals surface area contributed by atoms with Gasteiger partial charge in [-0.25, -0.2) is 0 Å². The summed E-state index contributed by atoms with van der Waals surface area (Å²) in [4.78, 5) is 26.7. The number of fused-ring (bicyclic) bond motifs is 1. The molecule has 0 saturated heterocycles. The van der Waals surface area contributed by atoms with E-state index >= 15 is 0 Å². The number of carbonyl (C=O) groups is 2. The van der Waals surface area contributed by atoms with Crippen molar-refractivity contribution >= 4 is 17.6 Å². The Morgan fingerprint density at radius 2 is 1.75 bits per heavy atom. The molecule has 4 nitrogen and oxygen atoms in total. The van der Waals surface area contributed by atoms with E-state index in [1.165, 1.54) is 11.1 Å². The molecule has 1 aliphatic carbocycles. The summed E-state index contributed by atoms with van der Waals surface area (Å²) in [5.74, 6) is -1.96. The second-order valence-electron chi connectivity index (χ2n) is 7.25. The van der Waals surface area contributed by atoms with Crippen molar-refractivity contribution < 1.29 is 14.7 Å². The van der Waals surface area contributed by atoms with Gasteiger partial charge in [-0.2, -0.15) is 0 Å². The van der Waals surface area contributed by atoms with Crippen LogP contribution in [0.15, 0.2) is 29.3 Å². The van der Waals surface area contributed by atoms with E-state index in [9.17, 15) is 14.7 Å². The highest BCUT2D eigenvalue weighted by atomic mass is 16.4. The Labute approximate surface area is 143 Å². The minimum absolute atomic E-state index is 0.0287. The number of allylic oxidation sites excluding steroid dienone is 2. The average Bonchev–Trinajstić information content (AvgIpc) is 2.55. The van der Waals surface area contributed by atoms with E-state index in [2.05, 4.69) is 13.0 Å². The first kappa shape index (κ1) is 16.7. The Morgan fingerprint density at radius 3 is 2.42 bits per heavy atom. The van der Waals surface area contributed by atoms with Crippen molar-refractivity contribution in [2.45, 2.75) is 46.5 Å². The van der Waals surface area contributed by atoms with Gasteiger partial charge >= 0.3 is 5.97 Å². The minimum Gasteiger partial charge on any atom is -0.481 e. The maximum absolute atomic E-state index is 13.2. The number of amides is 1. The van der Waals surface area contributed by atoms with Crippen LogP contribution in [0.25, 0.3) is 0 Å². The Hall–Kier alpha value is -2.10. The van der Waals surface area contributed by atoms with Gasteiger partial charge in [0.1, 0.15) is 0 Å². The highest BCUT2D eigenvalue weighted by Crippen LogP contribution is 2.38. The molecule has 4 heteroatoms. The van der Waals surface area contributed by atoms with Crippen LogP contribution in [0, 0.1) is 18.8 Å². The van der Waals surface area contributed by atoms with Crippen LogP contribution in [0.4, 0.5) is 5.69 Å². The molecule has 0 aromatic heterocycles. The molecule has 1 amide bonds. The molecule has 1 N–H and O–H groups in total. The number of aliphatic carboxylic acids is 1. The lowest BCUT2D eigenvalue weighted by atomic mass is 9.75. The van der Waals surface area contributed by atoms with Crippen LogP contribution in [0.1, 0.15) is 44.2 Å². The molecule has 0 bridgehead atoms. The first-order valence-corrected chi connectivity index (χ1v) is 8.67. The minimum atomic E-state index is -0.860. The van der Waals surface area contributed by atoms with Crippen LogP contribution >= 0.6 is 0 Å². The van der Waals surface area contributed by atoms with Crippen LogP contribution in [-0.2, 0) is 16.0 Å². The van der Waals surface area contributed by atoms with Crippen molar-refractivity contribution in [1.82, 2.24) is 0 Å². The number of nitrogens with zero attached hydrogens (tertiary/aromatic N) is 1. The van der Waals surface area contributed by atoms with Crippen molar-refractivity contribution in [2.24, 2.45) is 11.8 Å². The van der Waals surface area contributed by atoms with E-state index in [4.69, 9.17) is 0 Å². The van der Waals surface area contributed by atoms with E-state index in [1.807, 2.05) is 30.9 Å². The van der Waals surface area contributed by atoms with Crippen molar-refractivity contribution in [3.8, 4) is 0 Å². The van der Waals surface area contributed by atoms with Gasteiger partial charge in [0.2, 0.25) is 5.91 Å². The number of hydrogen-bond donors (Lipinski definition) is 1. The number of carboxylic acid groups (broad SMARTS) is 1. The van der Waals surface area contributed by atoms with Crippen LogP contribution in [-0.4, -0.2) is 23.5 Å². The Balaban J connectivity index is 1.93. The zero-order valence-corrected chi connectivity index (χ0v) is 14.6. The van der Waals surface area contributed by atoms with E-state index in [0.717, 1.165) is 29.7 Å². The third kappa shape index (κ3) is 2.97. The van der Waals surface area contributed by atoms with Gasteiger partial charge in [0.05, 0.1) is 11.8 Å². The molecule has 2 aliphatic rings. The summed E-state index contributed by atoms with van der Waals surface area (Å²) in [6.07, 6.45) is 2.94. The lowest BCUT2D eigenvalue weighted by Crippen LogP contribution is -2.44. The molecule has 2 atom stereocenters. The monoisotopic (exact) mass is 327 g/mol. The van der Waals surface area contributed by atoms with E-state index < -0.39 is 17.8 Å². The van der Waals surface area contributed by atoms with Crippen molar-refractivity contribution in [2.75, 3.05) is 11.4 Å². The number of hydrogen-bond acceptors (Lipinski definition) is 2. The number of carboxylic acids is 1. The van der Waals surface area contributed by atoms with Crippen LogP contribution in [0.3, 0.4) is 0 Å². The molecule has 0 unspecified atom stereocenters. The summed E-state index contributed by atoms with van der Waals surface area (Å²) in [7, 11) is 0. The van der Waals surface area contributed by atoms with Gasteiger partial charge in [-0.3, -0.25) is 9.59 Å². The highest BCUT2D eigenvalue weighted by Gasteiger charge is 2.40. The second-order valence-corrected chi connectivity index (χ2v) is 7.25. The number of benzene rings is 1.